The molecule has 1 atom stereocenters. The highest BCUT2D eigenvalue weighted by Gasteiger charge is 2.31. The Morgan fingerprint density at radius 2 is 1.92 bits per heavy atom. The Hall–Kier alpha value is -3.96. The molecule has 204 valence electrons. The summed E-state index contributed by atoms with van der Waals surface area (Å²) < 4.78 is 46.6. The Kier molecular flexibility index (Phi) is 7.53. The fourth-order valence-corrected chi connectivity index (χ4v) is 6.47. The number of rotatable bonds is 8. The number of carbonyl (C=O) groups excluding carboxylic acids is 1. The van der Waals surface area contributed by atoms with Crippen LogP contribution in [0.2, 0.25) is 0 Å². The lowest BCUT2D eigenvalue weighted by atomic mass is 9.87. The monoisotopic (exact) mass is 550 g/mol. The summed E-state index contributed by atoms with van der Waals surface area (Å²) >= 11 is 0. The fourth-order valence-electron chi connectivity index (χ4n) is 4.92. The van der Waals surface area contributed by atoms with Gasteiger partial charge in [0.2, 0.25) is 10.0 Å². The molecule has 3 aromatic carbocycles. The molecule has 0 spiro atoms. The molecule has 0 fully saturated rings. The molecular formula is C28H30N4O6S. The molecule has 39 heavy (non-hydrogen) atoms. The van der Waals surface area contributed by atoms with Gasteiger partial charge in [-0.2, -0.15) is 4.31 Å². The number of carbonyl (C=O) groups is 1. The van der Waals surface area contributed by atoms with E-state index in [9.17, 15) is 13.2 Å². The summed E-state index contributed by atoms with van der Waals surface area (Å²) in [6.07, 6.45) is 0.0927. The summed E-state index contributed by atoms with van der Waals surface area (Å²) in [6, 6.07) is 18.1. The highest BCUT2D eigenvalue weighted by atomic mass is 32.2. The molecule has 0 amide bonds. The summed E-state index contributed by atoms with van der Waals surface area (Å²) in [6.45, 7) is 2.67. The molecule has 10 nitrogen and oxygen atoms in total. The fraction of sp³-hybridized carbons (Fsp3) is 0.321. The zero-order valence-corrected chi connectivity index (χ0v) is 22.8. The Morgan fingerprint density at radius 3 is 2.72 bits per heavy atom. The lowest BCUT2D eigenvalue weighted by molar-refractivity contribution is -0.143. The number of aryl methyl sites for hydroxylation is 1. The second-order valence-electron chi connectivity index (χ2n) is 9.24. The summed E-state index contributed by atoms with van der Waals surface area (Å²) in [5.74, 6) is 0.231. The predicted molar refractivity (Wildman–Crippen MR) is 144 cm³/mol. The first-order valence-corrected chi connectivity index (χ1v) is 14.1. The van der Waals surface area contributed by atoms with Crippen molar-refractivity contribution in [2.75, 3.05) is 26.9 Å². The van der Waals surface area contributed by atoms with Gasteiger partial charge in [0, 0.05) is 26.1 Å². The summed E-state index contributed by atoms with van der Waals surface area (Å²) in [4.78, 5) is 12.8. The normalized spacial score (nSPS) is 15.7. The third kappa shape index (κ3) is 5.32. The second-order valence-corrected chi connectivity index (χ2v) is 11.2. The molecule has 0 bridgehead atoms. The second kappa shape index (κ2) is 11.0. The minimum Gasteiger partial charge on any atom is -0.494 e. The molecule has 4 aromatic rings. The van der Waals surface area contributed by atoms with Crippen molar-refractivity contribution < 1.29 is 27.4 Å². The zero-order valence-electron chi connectivity index (χ0n) is 22.0. The number of benzene rings is 3. The van der Waals surface area contributed by atoms with Crippen molar-refractivity contribution in [2.24, 2.45) is 7.05 Å². The number of hydrogen-bond donors (Lipinski definition) is 0. The van der Waals surface area contributed by atoms with Gasteiger partial charge in [0.1, 0.15) is 34.0 Å². The molecule has 0 aliphatic carbocycles. The molecule has 1 aromatic heterocycles. The van der Waals surface area contributed by atoms with E-state index in [-0.39, 0.29) is 49.5 Å². The average molecular weight is 551 g/mol. The van der Waals surface area contributed by atoms with Crippen LogP contribution in [0.1, 0.15) is 36.0 Å². The maximum absolute atomic E-state index is 13.4. The van der Waals surface area contributed by atoms with Gasteiger partial charge in [-0.15, -0.1) is 5.10 Å². The molecular weight excluding hydrogens is 520 g/mol. The van der Waals surface area contributed by atoms with Gasteiger partial charge in [0.15, 0.2) is 0 Å². The van der Waals surface area contributed by atoms with E-state index in [1.54, 1.807) is 50.0 Å². The number of methoxy groups -OCH3 is 1. The number of para-hydroxylation sites is 1. The van der Waals surface area contributed by atoms with E-state index >= 15 is 0 Å². The van der Waals surface area contributed by atoms with Crippen LogP contribution >= 0.6 is 0 Å². The number of esters is 1. The number of aromatic nitrogens is 3. The summed E-state index contributed by atoms with van der Waals surface area (Å²) in [5, 5.41) is 8.36. The minimum absolute atomic E-state index is 0.0927. The molecule has 11 heteroatoms. The Balaban J connectivity index is 1.52. The van der Waals surface area contributed by atoms with Crippen molar-refractivity contribution in [3.8, 4) is 11.5 Å². The van der Waals surface area contributed by atoms with Crippen LogP contribution in [0.15, 0.2) is 65.6 Å². The maximum atomic E-state index is 13.4. The molecule has 0 N–H and O–H groups in total. The van der Waals surface area contributed by atoms with Crippen molar-refractivity contribution in [1.82, 2.24) is 19.3 Å². The van der Waals surface area contributed by atoms with Gasteiger partial charge in [-0.25, -0.2) is 13.1 Å². The van der Waals surface area contributed by atoms with E-state index < -0.39 is 10.0 Å². The lowest BCUT2D eigenvalue weighted by Gasteiger charge is -2.22. The number of nitrogens with zero attached hydrogens (tertiary/aromatic N) is 4. The Morgan fingerprint density at radius 1 is 1.10 bits per heavy atom. The van der Waals surface area contributed by atoms with Gasteiger partial charge in [-0.05, 0) is 47.9 Å². The lowest BCUT2D eigenvalue weighted by Crippen LogP contribution is -2.32. The van der Waals surface area contributed by atoms with Crippen LogP contribution in [0, 0.1) is 0 Å². The third-order valence-electron chi connectivity index (χ3n) is 6.76. The minimum atomic E-state index is -3.76. The van der Waals surface area contributed by atoms with Crippen LogP contribution in [0.25, 0.3) is 11.0 Å². The van der Waals surface area contributed by atoms with Gasteiger partial charge in [0.05, 0.1) is 20.1 Å². The molecule has 0 saturated carbocycles. The van der Waals surface area contributed by atoms with E-state index in [0.717, 1.165) is 22.2 Å². The topological polar surface area (TPSA) is 113 Å². The standard InChI is InChI=1S/C28H30N4O6S/c1-4-37-27(33)17-22(21-15-23-28(25(16-21)36-3)31(2)30-29-23)20-9-7-8-19(14-20)18-32-12-13-38-24-10-5-6-11-26(24)39(32,34)35/h5-11,14-16,22H,4,12-13,17-18H2,1-3H3. The first-order valence-electron chi connectivity index (χ1n) is 12.7. The molecule has 0 radical (unpaired) electrons. The van der Waals surface area contributed by atoms with Gasteiger partial charge >= 0.3 is 5.97 Å². The van der Waals surface area contributed by atoms with E-state index in [1.165, 1.54) is 4.31 Å². The molecule has 0 saturated heterocycles. The maximum Gasteiger partial charge on any atom is 0.306 e. The molecule has 5 rings (SSSR count). The SMILES string of the molecule is CCOC(=O)CC(c1cccc(CN2CCOc3ccccc3S2(=O)=O)c1)c1cc(OC)c2c(c1)nnn2C. The van der Waals surface area contributed by atoms with Crippen LogP contribution < -0.4 is 9.47 Å². The third-order valence-corrected chi connectivity index (χ3v) is 8.65. The van der Waals surface area contributed by atoms with Crippen molar-refractivity contribution in [2.45, 2.75) is 30.7 Å². The average Bonchev–Trinajstić information content (AvgIpc) is 3.26. The van der Waals surface area contributed by atoms with E-state index in [1.807, 2.05) is 36.4 Å². The van der Waals surface area contributed by atoms with Gasteiger partial charge < -0.3 is 14.2 Å². The van der Waals surface area contributed by atoms with Crippen molar-refractivity contribution in [1.29, 1.82) is 0 Å². The van der Waals surface area contributed by atoms with Crippen molar-refractivity contribution in [3.05, 3.63) is 77.4 Å². The van der Waals surface area contributed by atoms with Crippen LogP contribution in [-0.2, 0) is 33.1 Å². The number of sulfonamides is 1. The molecule has 2 heterocycles. The first-order chi connectivity index (χ1) is 18.8. The highest BCUT2D eigenvalue weighted by molar-refractivity contribution is 7.89. The zero-order chi connectivity index (χ0) is 27.6. The number of fused-ring (bicyclic) bond motifs is 2. The van der Waals surface area contributed by atoms with Crippen LogP contribution in [0.3, 0.4) is 0 Å². The summed E-state index contributed by atoms with van der Waals surface area (Å²) in [7, 11) is -0.391. The van der Waals surface area contributed by atoms with E-state index in [4.69, 9.17) is 14.2 Å². The quantitative estimate of drug-likeness (QED) is 0.306. The number of ether oxygens (including phenoxy) is 3. The molecule has 1 aliphatic heterocycles. The highest BCUT2D eigenvalue weighted by Crippen LogP contribution is 2.36. The van der Waals surface area contributed by atoms with E-state index in [0.29, 0.717) is 17.0 Å². The molecule has 1 aliphatic rings. The Bertz CT molecular complexity index is 1620. The van der Waals surface area contributed by atoms with Crippen molar-refractivity contribution >= 4 is 27.0 Å². The van der Waals surface area contributed by atoms with Gasteiger partial charge in [-0.1, -0.05) is 41.6 Å². The Labute approximate surface area is 227 Å². The van der Waals surface area contributed by atoms with Crippen LogP contribution in [0.5, 0.6) is 11.5 Å². The molecule has 1 unspecified atom stereocenters. The first kappa shape index (κ1) is 26.6. The largest absolute Gasteiger partial charge is 0.494 e. The smallest absolute Gasteiger partial charge is 0.306 e. The van der Waals surface area contributed by atoms with Crippen molar-refractivity contribution in [3.63, 3.8) is 0 Å². The van der Waals surface area contributed by atoms with Crippen LogP contribution in [0.4, 0.5) is 0 Å². The van der Waals surface area contributed by atoms with Crippen LogP contribution in [-0.4, -0.2) is 60.6 Å². The summed E-state index contributed by atoms with van der Waals surface area (Å²) in [5.41, 5.74) is 3.84. The number of hydrogen-bond acceptors (Lipinski definition) is 8. The predicted octanol–water partition coefficient (Wildman–Crippen LogP) is 3.65. The van der Waals surface area contributed by atoms with Gasteiger partial charge in [0.25, 0.3) is 0 Å². The van der Waals surface area contributed by atoms with E-state index in [2.05, 4.69) is 10.3 Å². The van der Waals surface area contributed by atoms with Gasteiger partial charge in [-0.3, -0.25) is 4.79 Å².